The highest BCUT2D eigenvalue weighted by Crippen LogP contribution is 2.21. The van der Waals surface area contributed by atoms with E-state index in [1.165, 1.54) is 12.3 Å². The largest absolute Gasteiger partial charge is 0.478 e. The van der Waals surface area contributed by atoms with Crippen molar-refractivity contribution < 1.29 is 9.90 Å². The maximum atomic E-state index is 10.9. The van der Waals surface area contributed by atoms with E-state index in [-0.39, 0.29) is 5.56 Å². The molecule has 5 nitrogen and oxygen atoms in total. The number of aromatic carboxylic acids is 1. The number of pyridine rings is 1. The van der Waals surface area contributed by atoms with E-state index in [1.54, 1.807) is 12.1 Å². The summed E-state index contributed by atoms with van der Waals surface area (Å²) in [7, 11) is 0. The molecular formula is C13H8ClN3O2. The van der Waals surface area contributed by atoms with Gasteiger partial charge in [-0.15, -0.1) is 0 Å². The Morgan fingerprint density at radius 2 is 2.00 bits per heavy atom. The number of hydrogen-bond acceptors (Lipinski definition) is 3. The van der Waals surface area contributed by atoms with Crippen LogP contribution in [0, 0.1) is 0 Å². The van der Waals surface area contributed by atoms with Gasteiger partial charge in [0.15, 0.2) is 5.65 Å². The van der Waals surface area contributed by atoms with Gasteiger partial charge >= 0.3 is 5.97 Å². The fourth-order valence-corrected chi connectivity index (χ4v) is 1.89. The summed E-state index contributed by atoms with van der Waals surface area (Å²) in [6, 6.07) is 8.70. The molecule has 0 amide bonds. The van der Waals surface area contributed by atoms with Crippen LogP contribution in [-0.2, 0) is 0 Å². The second kappa shape index (κ2) is 4.37. The van der Waals surface area contributed by atoms with E-state index in [2.05, 4.69) is 15.0 Å². The number of nitrogens with one attached hydrogen (secondary N) is 1. The van der Waals surface area contributed by atoms with Crippen LogP contribution in [0.1, 0.15) is 10.4 Å². The van der Waals surface area contributed by atoms with Crippen molar-refractivity contribution in [3.63, 3.8) is 0 Å². The molecule has 0 unspecified atom stereocenters. The molecule has 0 spiro atoms. The number of benzene rings is 1. The van der Waals surface area contributed by atoms with Crippen molar-refractivity contribution >= 4 is 28.7 Å². The fourth-order valence-electron chi connectivity index (χ4n) is 1.76. The van der Waals surface area contributed by atoms with Crippen LogP contribution in [0.5, 0.6) is 0 Å². The third kappa shape index (κ3) is 2.15. The minimum atomic E-state index is -1.02. The Balaban J connectivity index is 2.11. The minimum Gasteiger partial charge on any atom is -0.478 e. The first-order valence-corrected chi connectivity index (χ1v) is 5.86. The molecule has 6 heteroatoms. The summed E-state index contributed by atoms with van der Waals surface area (Å²) in [5.74, 6) is -0.390. The van der Waals surface area contributed by atoms with Crippen molar-refractivity contribution in [1.29, 1.82) is 0 Å². The van der Waals surface area contributed by atoms with Crippen molar-refractivity contribution in [3.05, 3.63) is 47.1 Å². The Morgan fingerprint density at radius 1 is 1.26 bits per heavy atom. The number of fused-ring (bicyclic) bond motifs is 1. The maximum Gasteiger partial charge on any atom is 0.337 e. The van der Waals surface area contributed by atoms with Crippen LogP contribution < -0.4 is 0 Å². The number of carbonyl (C=O) groups is 1. The number of aromatic nitrogens is 3. The van der Waals surface area contributed by atoms with Crippen LogP contribution in [0.2, 0.25) is 5.02 Å². The van der Waals surface area contributed by atoms with Crippen molar-refractivity contribution in [1.82, 2.24) is 15.0 Å². The number of imidazole rings is 1. The summed E-state index contributed by atoms with van der Waals surface area (Å²) >= 11 is 5.83. The molecule has 1 aromatic carbocycles. The molecule has 3 aromatic rings. The summed E-state index contributed by atoms with van der Waals surface area (Å²) < 4.78 is 0. The van der Waals surface area contributed by atoms with E-state index in [0.717, 1.165) is 5.56 Å². The molecule has 0 bridgehead atoms. The first kappa shape index (κ1) is 11.7. The predicted octanol–water partition coefficient (Wildman–Crippen LogP) is 2.98. The van der Waals surface area contributed by atoms with Gasteiger partial charge in [0, 0.05) is 16.8 Å². The summed E-state index contributed by atoms with van der Waals surface area (Å²) in [6.45, 7) is 0. The Kier molecular flexibility index (Phi) is 2.68. The van der Waals surface area contributed by atoms with Crippen molar-refractivity contribution in [2.75, 3.05) is 0 Å². The average molecular weight is 274 g/mol. The number of carboxylic acid groups (broad SMARTS) is 1. The van der Waals surface area contributed by atoms with E-state index in [1.807, 2.05) is 12.1 Å². The fraction of sp³-hybridized carbons (Fsp3) is 0. The highest BCUT2D eigenvalue weighted by atomic mass is 35.5. The summed E-state index contributed by atoms with van der Waals surface area (Å²) in [5.41, 5.74) is 2.05. The maximum absolute atomic E-state index is 10.9. The zero-order valence-electron chi connectivity index (χ0n) is 9.59. The van der Waals surface area contributed by atoms with Gasteiger partial charge in [0.25, 0.3) is 0 Å². The third-order valence-corrected chi connectivity index (χ3v) is 2.95. The predicted molar refractivity (Wildman–Crippen MR) is 71.3 cm³/mol. The summed E-state index contributed by atoms with van der Waals surface area (Å²) in [4.78, 5) is 22.2. The van der Waals surface area contributed by atoms with E-state index in [4.69, 9.17) is 16.7 Å². The molecule has 0 fully saturated rings. The van der Waals surface area contributed by atoms with Crippen LogP contribution in [-0.4, -0.2) is 26.0 Å². The Hall–Kier alpha value is -2.40. The van der Waals surface area contributed by atoms with E-state index in [9.17, 15) is 4.79 Å². The van der Waals surface area contributed by atoms with Gasteiger partial charge in [0.2, 0.25) is 0 Å². The smallest absolute Gasteiger partial charge is 0.337 e. The van der Waals surface area contributed by atoms with Crippen molar-refractivity contribution in [3.8, 4) is 11.4 Å². The van der Waals surface area contributed by atoms with Gasteiger partial charge in [-0.25, -0.2) is 14.8 Å². The van der Waals surface area contributed by atoms with Crippen LogP contribution in [0.25, 0.3) is 22.6 Å². The zero-order valence-corrected chi connectivity index (χ0v) is 10.3. The monoisotopic (exact) mass is 273 g/mol. The number of aromatic amines is 1. The number of hydrogen-bond donors (Lipinski definition) is 2. The molecule has 0 aliphatic heterocycles. The van der Waals surface area contributed by atoms with Gasteiger partial charge in [-0.1, -0.05) is 11.6 Å². The Bertz CT molecular complexity index is 765. The van der Waals surface area contributed by atoms with Crippen LogP contribution in [0.4, 0.5) is 0 Å². The second-order valence-electron chi connectivity index (χ2n) is 3.99. The molecule has 2 N–H and O–H groups in total. The lowest BCUT2D eigenvalue weighted by molar-refractivity contribution is 0.0696. The Labute approximate surface area is 112 Å². The van der Waals surface area contributed by atoms with E-state index < -0.39 is 5.97 Å². The highest BCUT2D eigenvalue weighted by molar-refractivity contribution is 6.30. The number of rotatable bonds is 2. The normalized spacial score (nSPS) is 10.8. The number of nitrogens with zero attached hydrogens (tertiary/aromatic N) is 2. The van der Waals surface area contributed by atoms with Gasteiger partial charge in [-0.3, -0.25) is 0 Å². The van der Waals surface area contributed by atoms with Gasteiger partial charge in [0.1, 0.15) is 5.82 Å². The number of H-pyrrole nitrogens is 1. The van der Waals surface area contributed by atoms with Crippen molar-refractivity contribution in [2.45, 2.75) is 0 Å². The van der Waals surface area contributed by atoms with Crippen LogP contribution in [0.3, 0.4) is 0 Å². The highest BCUT2D eigenvalue weighted by Gasteiger charge is 2.09. The molecule has 0 aliphatic rings. The van der Waals surface area contributed by atoms with Gasteiger partial charge in [-0.05, 0) is 30.3 Å². The molecule has 0 atom stereocenters. The van der Waals surface area contributed by atoms with Crippen LogP contribution >= 0.6 is 11.6 Å². The molecule has 0 saturated carbocycles. The number of carboxylic acids is 1. The minimum absolute atomic E-state index is 0.124. The lowest BCUT2D eigenvalue weighted by Crippen LogP contribution is -1.96. The lowest BCUT2D eigenvalue weighted by atomic mass is 10.2. The molecule has 94 valence electrons. The van der Waals surface area contributed by atoms with Gasteiger partial charge in [-0.2, -0.15) is 0 Å². The van der Waals surface area contributed by atoms with Crippen LogP contribution in [0.15, 0.2) is 36.5 Å². The van der Waals surface area contributed by atoms with E-state index in [0.29, 0.717) is 22.0 Å². The first-order valence-electron chi connectivity index (χ1n) is 5.48. The molecule has 0 radical (unpaired) electrons. The molecule has 0 aliphatic carbocycles. The number of halogens is 1. The SMILES string of the molecule is O=C(O)c1cnc2nc(-c3ccc(Cl)cc3)[nH]c2c1. The topological polar surface area (TPSA) is 78.9 Å². The molecule has 3 rings (SSSR count). The standard InChI is InChI=1S/C13H8ClN3O2/c14-9-3-1-7(2-4-9)11-16-10-5-8(13(18)19)6-15-12(10)17-11/h1-6H,(H,18,19)(H,15,16,17). The quantitative estimate of drug-likeness (QED) is 0.752. The summed E-state index contributed by atoms with van der Waals surface area (Å²) in [5, 5.41) is 9.55. The molecule has 19 heavy (non-hydrogen) atoms. The molecule has 0 saturated heterocycles. The van der Waals surface area contributed by atoms with E-state index >= 15 is 0 Å². The second-order valence-corrected chi connectivity index (χ2v) is 4.43. The lowest BCUT2D eigenvalue weighted by Gasteiger charge is -1.95. The zero-order chi connectivity index (χ0) is 13.4. The van der Waals surface area contributed by atoms with Crippen molar-refractivity contribution in [2.24, 2.45) is 0 Å². The molecular weight excluding hydrogens is 266 g/mol. The van der Waals surface area contributed by atoms with Gasteiger partial charge in [0.05, 0.1) is 11.1 Å². The Morgan fingerprint density at radius 3 is 2.68 bits per heavy atom. The average Bonchev–Trinajstić information content (AvgIpc) is 2.82. The first-order chi connectivity index (χ1) is 9.13. The molecule has 2 heterocycles. The van der Waals surface area contributed by atoms with Gasteiger partial charge < -0.3 is 10.1 Å². The summed E-state index contributed by atoms with van der Waals surface area (Å²) in [6.07, 6.45) is 1.29. The molecule has 2 aromatic heterocycles. The third-order valence-electron chi connectivity index (χ3n) is 2.70.